The Labute approximate surface area is 157 Å². The maximum atomic E-state index is 12.5. The van der Waals surface area contributed by atoms with Gasteiger partial charge < -0.3 is 19.5 Å². The van der Waals surface area contributed by atoms with Crippen LogP contribution in [0.1, 0.15) is 10.6 Å². The van der Waals surface area contributed by atoms with Crippen molar-refractivity contribution < 1.29 is 9.21 Å². The van der Waals surface area contributed by atoms with Crippen LogP contribution in [-0.2, 0) is 0 Å². The van der Waals surface area contributed by atoms with Gasteiger partial charge in [0.25, 0.3) is 5.91 Å². The topological polar surface area (TPSA) is 48.7 Å². The van der Waals surface area contributed by atoms with E-state index in [0.29, 0.717) is 16.3 Å². The number of furan rings is 1. The predicted molar refractivity (Wildman–Crippen MR) is 105 cm³/mol. The first-order chi connectivity index (χ1) is 12.6. The molecule has 1 N–H and O–H groups in total. The van der Waals surface area contributed by atoms with E-state index in [0.717, 1.165) is 37.3 Å². The van der Waals surface area contributed by atoms with Crippen LogP contribution in [0.3, 0.4) is 0 Å². The van der Waals surface area contributed by atoms with Gasteiger partial charge in [-0.25, -0.2) is 0 Å². The minimum absolute atomic E-state index is 0.283. The van der Waals surface area contributed by atoms with E-state index in [2.05, 4.69) is 22.2 Å². The fourth-order valence-corrected chi connectivity index (χ4v) is 3.48. The number of benzene rings is 2. The summed E-state index contributed by atoms with van der Waals surface area (Å²) >= 11 is 6.46. The number of carbonyl (C=O) groups excluding carboxylic acids is 1. The van der Waals surface area contributed by atoms with E-state index in [1.54, 1.807) is 12.1 Å². The van der Waals surface area contributed by atoms with Crippen LogP contribution < -0.4 is 10.2 Å². The highest BCUT2D eigenvalue weighted by molar-refractivity contribution is 6.33. The zero-order valence-corrected chi connectivity index (χ0v) is 15.3. The second kappa shape index (κ2) is 7.02. The van der Waals surface area contributed by atoms with Crippen LogP contribution in [0.25, 0.3) is 11.0 Å². The van der Waals surface area contributed by atoms with Gasteiger partial charge >= 0.3 is 0 Å². The lowest BCUT2D eigenvalue weighted by Crippen LogP contribution is -2.44. The summed E-state index contributed by atoms with van der Waals surface area (Å²) in [5.41, 5.74) is 2.35. The molecule has 134 valence electrons. The van der Waals surface area contributed by atoms with Crippen LogP contribution in [0.4, 0.5) is 11.4 Å². The standard InChI is InChI=1S/C20H20ClN3O2/c1-23-8-10-24(11-9-23)17-7-6-15(13-16(17)21)22-20(25)19-12-14-4-2-3-5-18(14)26-19/h2-7,12-13H,8-11H2,1H3,(H,22,25). The number of likely N-dealkylation sites (N-methyl/N-ethyl adjacent to an activating group) is 1. The molecule has 6 heteroatoms. The lowest BCUT2D eigenvalue weighted by Gasteiger charge is -2.34. The zero-order chi connectivity index (χ0) is 18.1. The number of fused-ring (bicyclic) bond motifs is 1. The van der Waals surface area contributed by atoms with Crippen LogP contribution in [0, 0.1) is 0 Å². The van der Waals surface area contributed by atoms with Gasteiger partial charge in [0.15, 0.2) is 5.76 Å². The molecule has 0 bridgehead atoms. The highest BCUT2D eigenvalue weighted by Crippen LogP contribution is 2.30. The summed E-state index contributed by atoms with van der Waals surface area (Å²) < 4.78 is 5.60. The van der Waals surface area contributed by atoms with Crippen molar-refractivity contribution in [1.29, 1.82) is 0 Å². The van der Waals surface area contributed by atoms with Crippen molar-refractivity contribution >= 4 is 39.9 Å². The van der Waals surface area contributed by atoms with Crippen LogP contribution in [0.15, 0.2) is 52.9 Å². The third-order valence-corrected chi connectivity index (χ3v) is 5.00. The van der Waals surface area contributed by atoms with E-state index in [-0.39, 0.29) is 11.7 Å². The number of hydrogen-bond donors (Lipinski definition) is 1. The van der Waals surface area contributed by atoms with Crippen molar-refractivity contribution in [2.75, 3.05) is 43.4 Å². The van der Waals surface area contributed by atoms with E-state index < -0.39 is 0 Å². The third kappa shape index (κ3) is 3.41. The van der Waals surface area contributed by atoms with Crippen molar-refractivity contribution in [2.45, 2.75) is 0 Å². The van der Waals surface area contributed by atoms with E-state index in [1.165, 1.54) is 0 Å². The fraction of sp³-hybridized carbons (Fsp3) is 0.250. The summed E-state index contributed by atoms with van der Waals surface area (Å²) in [6.07, 6.45) is 0. The number of anilines is 2. The summed E-state index contributed by atoms with van der Waals surface area (Å²) in [7, 11) is 2.12. The Kier molecular flexibility index (Phi) is 4.57. The Morgan fingerprint density at radius 1 is 1.08 bits per heavy atom. The highest BCUT2D eigenvalue weighted by atomic mass is 35.5. The SMILES string of the molecule is CN1CCN(c2ccc(NC(=O)c3cc4ccccc4o3)cc2Cl)CC1. The molecule has 1 amide bonds. The molecule has 2 heterocycles. The van der Waals surface area contributed by atoms with Gasteiger partial charge in [0.2, 0.25) is 0 Å². The fourth-order valence-electron chi connectivity index (χ4n) is 3.17. The Morgan fingerprint density at radius 2 is 1.85 bits per heavy atom. The largest absolute Gasteiger partial charge is 0.451 e. The monoisotopic (exact) mass is 369 g/mol. The molecule has 0 aliphatic carbocycles. The van der Waals surface area contributed by atoms with Gasteiger partial charge in [0.1, 0.15) is 5.58 Å². The molecule has 0 unspecified atom stereocenters. The normalized spacial score (nSPS) is 15.4. The molecular formula is C20H20ClN3O2. The van der Waals surface area contributed by atoms with Gasteiger partial charge in [0.05, 0.1) is 10.7 Å². The predicted octanol–water partition coefficient (Wildman–Crippen LogP) is 4.09. The first-order valence-corrected chi connectivity index (χ1v) is 9.01. The lowest BCUT2D eigenvalue weighted by atomic mass is 10.2. The average Bonchev–Trinajstić information content (AvgIpc) is 3.07. The molecule has 1 saturated heterocycles. The Hall–Kier alpha value is -2.50. The molecule has 1 aliphatic heterocycles. The van der Waals surface area contributed by atoms with E-state index >= 15 is 0 Å². The molecule has 0 atom stereocenters. The average molecular weight is 370 g/mol. The Balaban J connectivity index is 1.49. The molecule has 1 fully saturated rings. The minimum atomic E-state index is -0.287. The summed E-state index contributed by atoms with van der Waals surface area (Å²) in [6.45, 7) is 3.92. The molecule has 1 aromatic heterocycles. The quantitative estimate of drug-likeness (QED) is 0.755. The van der Waals surface area contributed by atoms with E-state index in [9.17, 15) is 4.79 Å². The van der Waals surface area contributed by atoms with Crippen molar-refractivity contribution in [3.05, 3.63) is 59.3 Å². The summed E-state index contributed by atoms with van der Waals surface area (Å²) in [6, 6.07) is 14.9. The summed E-state index contributed by atoms with van der Waals surface area (Å²) in [4.78, 5) is 17.0. The van der Waals surface area contributed by atoms with Crippen molar-refractivity contribution in [2.24, 2.45) is 0 Å². The van der Waals surface area contributed by atoms with E-state index in [4.69, 9.17) is 16.0 Å². The summed E-state index contributed by atoms with van der Waals surface area (Å²) in [5.74, 6) is -0.00455. The molecule has 0 radical (unpaired) electrons. The maximum absolute atomic E-state index is 12.5. The number of hydrogen-bond acceptors (Lipinski definition) is 4. The number of nitrogens with one attached hydrogen (secondary N) is 1. The van der Waals surface area contributed by atoms with Gasteiger partial charge in [-0.1, -0.05) is 29.8 Å². The molecular weight excluding hydrogens is 350 g/mol. The van der Waals surface area contributed by atoms with E-state index in [1.807, 2.05) is 36.4 Å². The van der Waals surface area contributed by atoms with Crippen molar-refractivity contribution in [3.63, 3.8) is 0 Å². The van der Waals surface area contributed by atoms with Gasteiger partial charge in [0, 0.05) is 37.3 Å². The molecule has 0 spiro atoms. The number of halogens is 1. The van der Waals surface area contributed by atoms with Crippen LogP contribution >= 0.6 is 11.6 Å². The van der Waals surface area contributed by atoms with Gasteiger partial charge in [-0.3, -0.25) is 4.79 Å². The van der Waals surface area contributed by atoms with Gasteiger partial charge in [-0.05, 0) is 37.4 Å². The second-order valence-corrected chi connectivity index (χ2v) is 6.97. The van der Waals surface area contributed by atoms with Crippen molar-refractivity contribution in [1.82, 2.24) is 4.90 Å². The smallest absolute Gasteiger partial charge is 0.291 e. The Bertz CT molecular complexity index is 912. The number of rotatable bonds is 3. The maximum Gasteiger partial charge on any atom is 0.291 e. The van der Waals surface area contributed by atoms with Gasteiger partial charge in [-0.2, -0.15) is 0 Å². The minimum Gasteiger partial charge on any atom is -0.451 e. The first-order valence-electron chi connectivity index (χ1n) is 8.63. The number of amides is 1. The highest BCUT2D eigenvalue weighted by Gasteiger charge is 2.18. The van der Waals surface area contributed by atoms with Gasteiger partial charge in [-0.15, -0.1) is 0 Å². The van der Waals surface area contributed by atoms with Crippen LogP contribution in [-0.4, -0.2) is 44.0 Å². The number of piperazine rings is 1. The summed E-state index contributed by atoms with van der Waals surface area (Å²) in [5, 5.41) is 4.39. The number of para-hydroxylation sites is 1. The second-order valence-electron chi connectivity index (χ2n) is 6.56. The first kappa shape index (κ1) is 16.9. The molecule has 26 heavy (non-hydrogen) atoms. The number of nitrogens with zero attached hydrogens (tertiary/aromatic N) is 2. The third-order valence-electron chi connectivity index (χ3n) is 4.70. The van der Waals surface area contributed by atoms with Crippen LogP contribution in [0.2, 0.25) is 5.02 Å². The number of carbonyl (C=O) groups is 1. The zero-order valence-electron chi connectivity index (χ0n) is 14.5. The molecule has 2 aromatic carbocycles. The molecule has 0 saturated carbocycles. The molecule has 3 aromatic rings. The Morgan fingerprint density at radius 3 is 2.58 bits per heavy atom. The lowest BCUT2D eigenvalue weighted by molar-refractivity contribution is 0.0998. The van der Waals surface area contributed by atoms with Crippen molar-refractivity contribution in [3.8, 4) is 0 Å². The molecule has 1 aliphatic rings. The molecule has 5 nitrogen and oxygen atoms in total. The molecule has 4 rings (SSSR count). The van der Waals surface area contributed by atoms with Crippen LogP contribution in [0.5, 0.6) is 0 Å².